The lowest BCUT2D eigenvalue weighted by Gasteiger charge is -2.03. The Morgan fingerprint density at radius 2 is 0.846 bits per heavy atom. The van der Waals surface area contributed by atoms with Gasteiger partial charge in [0.05, 0.1) is 0 Å². The Morgan fingerprint density at radius 3 is 1.12 bits per heavy atom. The molecule has 0 nitrogen and oxygen atoms in total. The van der Waals surface area contributed by atoms with Gasteiger partial charge < -0.3 is 0 Å². The fourth-order valence-corrected chi connectivity index (χ4v) is 3.11. The third kappa shape index (κ3) is 7.74. The third-order valence-electron chi connectivity index (χ3n) is 3.45. The lowest BCUT2D eigenvalue weighted by atomic mass is 10.1. The van der Waals surface area contributed by atoms with E-state index < -0.39 is 16.1 Å². The van der Waals surface area contributed by atoms with Gasteiger partial charge >= 0.3 is 0 Å². The zero-order chi connectivity index (χ0) is 19.2. The Balaban J connectivity index is 2.05. The molecule has 0 aliphatic heterocycles. The summed E-state index contributed by atoms with van der Waals surface area (Å²) in [6.07, 6.45) is 4.27. The second kappa shape index (κ2) is 8.41. The first-order valence-electron chi connectivity index (χ1n) is 9.05. The first-order chi connectivity index (χ1) is 12.1. The molecule has 132 valence electrons. The molecule has 0 unspecified atom stereocenters. The maximum Gasteiger partial charge on any atom is 0.129 e. The van der Waals surface area contributed by atoms with Gasteiger partial charge in [0.25, 0.3) is 0 Å². The molecule has 0 atom stereocenters. The summed E-state index contributed by atoms with van der Waals surface area (Å²) in [5, 5.41) is 0. The fourth-order valence-electron chi connectivity index (χ4n) is 2.07. The first-order valence-corrected chi connectivity index (χ1v) is 16.1. The van der Waals surface area contributed by atoms with Gasteiger partial charge in [0.1, 0.15) is 16.1 Å². The lowest BCUT2D eigenvalue weighted by Crippen LogP contribution is -2.16. The van der Waals surface area contributed by atoms with Crippen LogP contribution in [0.4, 0.5) is 0 Å². The van der Waals surface area contributed by atoms with Crippen LogP contribution in [0.25, 0.3) is 12.2 Å². The van der Waals surface area contributed by atoms with Crippen molar-refractivity contribution in [3.05, 3.63) is 70.8 Å². The van der Waals surface area contributed by atoms with Gasteiger partial charge in [-0.3, -0.25) is 0 Å². The van der Waals surface area contributed by atoms with Crippen molar-refractivity contribution < 1.29 is 0 Å². The first kappa shape index (κ1) is 20.1. The van der Waals surface area contributed by atoms with E-state index in [1.807, 2.05) is 0 Å². The zero-order valence-corrected chi connectivity index (χ0v) is 18.8. The highest BCUT2D eigenvalue weighted by molar-refractivity contribution is 6.84. The predicted molar refractivity (Wildman–Crippen MR) is 122 cm³/mol. The number of rotatable bonds is 2. The van der Waals surface area contributed by atoms with Gasteiger partial charge in [-0.1, -0.05) is 87.5 Å². The van der Waals surface area contributed by atoms with Crippen molar-refractivity contribution in [3.63, 3.8) is 0 Å². The van der Waals surface area contributed by atoms with Crippen LogP contribution < -0.4 is 0 Å². The normalized spacial score (nSPS) is 11.5. The quantitative estimate of drug-likeness (QED) is 0.329. The molecular weight excluding hydrogens is 344 g/mol. The SMILES string of the molecule is C[Si](C)(C)C#Cc1ccc(C=Cc2ccc(C#C[Si](C)(C)C)cc2)cc1. The van der Waals surface area contributed by atoms with Crippen LogP contribution in [0.15, 0.2) is 48.5 Å². The molecule has 0 spiro atoms. The van der Waals surface area contributed by atoms with Gasteiger partial charge in [0.15, 0.2) is 0 Å². The molecule has 2 aromatic carbocycles. The molecule has 0 fully saturated rings. The highest BCUT2D eigenvalue weighted by Gasteiger charge is 2.07. The van der Waals surface area contributed by atoms with Gasteiger partial charge in [-0.25, -0.2) is 0 Å². The fraction of sp³-hybridized carbons (Fsp3) is 0.250. The average molecular weight is 373 g/mol. The molecule has 2 aromatic rings. The van der Waals surface area contributed by atoms with Crippen molar-refractivity contribution >= 4 is 28.3 Å². The van der Waals surface area contributed by atoms with Crippen LogP contribution in [0, 0.1) is 22.9 Å². The monoisotopic (exact) mass is 372 g/mol. The minimum atomic E-state index is -1.32. The summed E-state index contributed by atoms with van der Waals surface area (Å²) in [7, 11) is -2.63. The zero-order valence-electron chi connectivity index (χ0n) is 16.8. The molecule has 2 rings (SSSR count). The summed E-state index contributed by atoms with van der Waals surface area (Å²) < 4.78 is 0. The summed E-state index contributed by atoms with van der Waals surface area (Å²) in [6, 6.07) is 16.9. The maximum absolute atomic E-state index is 3.40. The van der Waals surface area contributed by atoms with Crippen LogP contribution in [-0.2, 0) is 0 Å². The van der Waals surface area contributed by atoms with E-state index >= 15 is 0 Å². The molecule has 0 saturated carbocycles. The van der Waals surface area contributed by atoms with Crippen molar-refractivity contribution in [2.45, 2.75) is 39.3 Å². The Kier molecular flexibility index (Phi) is 6.49. The van der Waals surface area contributed by atoms with Gasteiger partial charge in [-0.2, -0.15) is 0 Å². The van der Waals surface area contributed by atoms with E-state index in [1.54, 1.807) is 0 Å². The summed E-state index contributed by atoms with van der Waals surface area (Å²) in [4.78, 5) is 0. The lowest BCUT2D eigenvalue weighted by molar-refractivity contribution is 1.60. The van der Waals surface area contributed by atoms with Crippen LogP contribution >= 0.6 is 0 Å². The van der Waals surface area contributed by atoms with Gasteiger partial charge in [-0.15, -0.1) is 11.1 Å². The molecule has 0 aliphatic carbocycles. The molecule has 0 heterocycles. The minimum absolute atomic E-state index is 1.09. The molecule has 0 saturated heterocycles. The summed E-state index contributed by atoms with van der Waals surface area (Å²) in [5.41, 5.74) is 11.4. The van der Waals surface area contributed by atoms with E-state index in [-0.39, 0.29) is 0 Å². The Bertz CT molecular complexity index is 803. The Hall–Kier alpha value is -2.27. The third-order valence-corrected chi connectivity index (χ3v) is 5.20. The highest BCUT2D eigenvalue weighted by Crippen LogP contribution is 2.11. The standard InChI is InChI=1S/C24H28Si2/c1-25(2,3)19-17-23-13-9-21(10-14-23)7-8-22-11-15-24(16-12-22)18-20-26(4,5)6/h7-16H,1-6H3. The number of hydrogen-bond donors (Lipinski definition) is 0. The van der Waals surface area contributed by atoms with Crippen LogP contribution in [0.1, 0.15) is 22.3 Å². The Labute approximate surface area is 161 Å². The molecule has 0 amide bonds. The topological polar surface area (TPSA) is 0 Å². The van der Waals surface area contributed by atoms with Crippen molar-refractivity contribution in [1.82, 2.24) is 0 Å². The van der Waals surface area contributed by atoms with Crippen LogP contribution in [0.2, 0.25) is 39.3 Å². The Morgan fingerprint density at radius 1 is 0.538 bits per heavy atom. The van der Waals surface area contributed by atoms with Crippen molar-refractivity contribution in [2.24, 2.45) is 0 Å². The largest absolute Gasteiger partial charge is 0.129 e. The summed E-state index contributed by atoms with van der Waals surface area (Å²) in [5.74, 6) is 6.58. The molecule has 2 heteroatoms. The minimum Gasteiger partial charge on any atom is -0.127 e. The van der Waals surface area contributed by atoms with Gasteiger partial charge in [0.2, 0.25) is 0 Å². The van der Waals surface area contributed by atoms with E-state index in [4.69, 9.17) is 0 Å². The smallest absolute Gasteiger partial charge is 0.127 e. The second-order valence-corrected chi connectivity index (χ2v) is 18.1. The van der Waals surface area contributed by atoms with E-state index in [0.29, 0.717) is 0 Å². The average Bonchev–Trinajstić information content (AvgIpc) is 2.57. The maximum atomic E-state index is 3.40. The molecule has 0 aliphatic rings. The second-order valence-electron chi connectivity index (χ2n) is 8.58. The van der Waals surface area contributed by atoms with Crippen molar-refractivity contribution in [2.75, 3.05) is 0 Å². The molecule has 0 N–H and O–H groups in total. The number of hydrogen-bond acceptors (Lipinski definition) is 0. The van der Waals surface area contributed by atoms with E-state index in [0.717, 1.165) is 11.1 Å². The van der Waals surface area contributed by atoms with E-state index in [2.05, 4.69) is 123 Å². The molecule has 0 radical (unpaired) electrons. The number of benzene rings is 2. The summed E-state index contributed by atoms with van der Waals surface area (Å²) >= 11 is 0. The molecular formula is C24H28Si2. The molecule has 26 heavy (non-hydrogen) atoms. The predicted octanol–water partition coefficient (Wildman–Crippen LogP) is 6.31. The van der Waals surface area contributed by atoms with E-state index in [9.17, 15) is 0 Å². The van der Waals surface area contributed by atoms with Gasteiger partial charge in [-0.05, 0) is 35.4 Å². The van der Waals surface area contributed by atoms with Crippen molar-refractivity contribution in [3.8, 4) is 22.9 Å². The summed E-state index contributed by atoms with van der Waals surface area (Å²) in [6.45, 7) is 13.6. The van der Waals surface area contributed by atoms with Gasteiger partial charge in [0, 0.05) is 11.1 Å². The molecule has 0 bridgehead atoms. The highest BCUT2D eigenvalue weighted by atomic mass is 28.3. The van der Waals surface area contributed by atoms with Crippen LogP contribution in [-0.4, -0.2) is 16.1 Å². The molecule has 0 aromatic heterocycles. The van der Waals surface area contributed by atoms with Crippen LogP contribution in [0.5, 0.6) is 0 Å². The van der Waals surface area contributed by atoms with Crippen molar-refractivity contribution in [1.29, 1.82) is 0 Å². The van der Waals surface area contributed by atoms with E-state index in [1.165, 1.54) is 11.1 Å². The van der Waals surface area contributed by atoms with Crippen LogP contribution in [0.3, 0.4) is 0 Å².